The number of nitrogens with zero attached hydrogens (tertiary/aromatic N) is 5. The molecule has 0 bridgehead atoms. The SMILES string of the molecule is Cc1cccc(-c2nc3nc(C)c(CC(=O)N4CCOCC4)c(C)n3n2)c1. The monoisotopic (exact) mass is 365 g/mol. The highest BCUT2D eigenvalue weighted by Gasteiger charge is 2.21. The van der Waals surface area contributed by atoms with Crippen LogP contribution >= 0.6 is 0 Å². The van der Waals surface area contributed by atoms with Crippen molar-refractivity contribution in [3.8, 4) is 11.4 Å². The predicted molar refractivity (Wildman–Crippen MR) is 102 cm³/mol. The van der Waals surface area contributed by atoms with E-state index < -0.39 is 0 Å². The van der Waals surface area contributed by atoms with Crippen molar-refractivity contribution in [1.82, 2.24) is 24.5 Å². The third-order valence-electron chi connectivity index (χ3n) is 5.02. The third-order valence-corrected chi connectivity index (χ3v) is 5.02. The van der Waals surface area contributed by atoms with Gasteiger partial charge in [0.25, 0.3) is 5.78 Å². The Labute approximate surface area is 158 Å². The van der Waals surface area contributed by atoms with Gasteiger partial charge in [-0.25, -0.2) is 9.50 Å². The normalized spacial score (nSPS) is 14.7. The second-order valence-corrected chi connectivity index (χ2v) is 6.95. The molecule has 0 atom stereocenters. The van der Waals surface area contributed by atoms with Crippen molar-refractivity contribution in [3.05, 3.63) is 46.8 Å². The quantitative estimate of drug-likeness (QED) is 0.711. The smallest absolute Gasteiger partial charge is 0.253 e. The van der Waals surface area contributed by atoms with E-state index in [9.17, 15) is 4.79 Å². The molecule has 3 heterocycles. The van der Waals surface area contributed by atoms with Crippen LogP contribution in [-0.2, 0) is 16.0 Å². The highest BCUT2D eigenvalue weighted by atomic mass is 16.5. The van der Waals surface area contributed by atoms with Gasteiger partial charge in [-0.15, -0.1) is 5.10 Å². The van der Waals surface area contributed by atoms with Gasteiger partial charge in [-0.3, -0.25) is 4.79 Å². The lowest BCUT2D eigenvalue weighted by molar-refractivity contribution is -0.134. The van der Waals surface area contributed by atoms with Gasteiger partial charge in [0.1, 0.15) is 0 Å². The summed E-state index contributed by atoms with van der Waals surface area (Å²) in [5, 5.41) is 4.64. The van der Waals surface area contributed by atoms with E-state index in [-0.39, 0.29) is 5.91 Å². The van der Waals surface area contributed by atoms with Crippen molar-refractivity contribution < 1.29 is 9.53 Å². The maximum absolute atomic E-state index is 12.7. The second kappa shape index (κ2) is 7.08. The fraction of sp³-hybridized carbons (Fsp3) is 0.400. The number of carbonyl (C=O) groups excluding carboxylic acids is 1. The first-order chi connectivity index (χ1) is 13.0. The molecule has 1 aliphatic rings. The zero-order valence-electron chi connectivity index (χ0n) is 15.9. The molecule has 4 rings (SSSR count). The predicted octanol–water partition coefficient (Wildman–Crippen LogP) is 2.12. The van der Waals surface area contributed by atoms with Crippen molar-refractivity contribution in [2.24, 2.45) is 0 Å². The minimum absolute atomic E-state index is 0.102. The number of benzene rings is 1. The molecular formula is C20H23N5O2. The maximum Gasteiger partial charge on any atom is 0.253 e. The molecule has 0 N–H and O–H groups in total. The average molecular weight is 365 g/mol. The fourth-order valence-electron chi connectivity index (χ4n) is 3.45. The van der Waals surface area contributed by atoms with Crippen molar-refractivity contribution in [3.63, 3.8) is 0 Å². The Morgan fingerprint density at radius 1 is 1.15 bits per heavy atom. The van der Waals surface area contributed by atoms with Crippen LogP contribution in [0.2, 0.25) is 0 Å². The zero-order valence-corrected chi connectivity index (χ0v) is 15.9. The number of amides is 1. The van der Waals surface area contributed by atoms with Gasteiger partial charge in [-0.2, -0.15) is 4.98 Å². The number of hydrogen-bond acceptors (Lipinski definition) is 5. The van der Waals surface area contributed by atoms with E-state index in [0.717, 1.165) is 28.1 Å². The Balaban J connectivity index is 1.69. The lowest BCUT2D eigenvalue weighted by Crippen LogP contribution is -2.41. The molecule has 0 aliphatic carbocycles. The van der Waals surface area contributed by atoms with Gasteiger partial charge in [-0.05, 0) is 26.8 Å². The maximum atomic E-state index is 12.7. The molecule has 1 aromatic carbocycles. The number of aryl methyl sites for hydroxylation is 3. The number of morpholine rings is 1. The van der Waals surface area contributed by atoms with Gasteiger partial charge in [0.2, 0.25) is 5.91 Å². The Morgan fingerprint density at radius 3 is 2.67 bits per heavy atom. The standard InChI is InChI=1S/C20H23N5O2/c1-13-5-4-6-16(11-13)19-22-20-21-14(2)17(15(3)25(20)23-19)12-18(26)24-7-9-27-10-8-24/h4-6,11H,7-10,12H2,1-3H3. The summed E-state index contributed by atoms with van der Waals surface area (Å²) in [6.07, 6.45) is 0.320. The summed E-state index contributed by atoms with van der Waals surface area (Å²) < 4.78 is 7.07. The number of rotatable bonds is 3. The molecule has 1 fully saturated rings. The highest BCUT2D eigenvalue weighted by Crippen LogP contribution is 2.20. The summed E-state index contributed by atoms with van der Waals surface area (Å²) in [5.41, 5.74) is 4.77. The number of fused-ring (bicyclic) bond motifs is 1. The Bertz CT molecular complexity index is 1010. The number of hydrogen-bond donors (Lipinski definition) is 0. The molecule has 1 aliphatic heterocycles. The van der Waals surface area contributed by atoms with Crippen LogP contribution in [0.3, 0.4) is 0 Å². The largest absolute Gasteiger partial charge is 0.378 e. The summed E-state index contributed by atoms with van der Waals surface area (Å²) in [6.45, 7) is 8.44. The van der Waals surface area contributed by atoms with Crippen molar-refractivity contribution in [2.45, 2.75) is 27.2 Å². The Kier molecular flexibility index (Phi) is 4.61. The lowest BCUT2D eigenvalue weighted by Gasteiger charge is -2.27. The highest BCUT2D eigenvalue weighted by molar-refractivity contribution is 5.79. The Hall–Kier alpha value is -2.80. The van der Waals surface area contributed by atoms with E-state index in [4.69, 9.17) is 4.74 Å². The molecule has 1 saturated heterocycles. The van der Waals surface area contributed by atoms with Crippen LogP contribution in [0, 0.1) is 20.8 Å². The van der Waals surface area contributed by atoms with Gasteiger partial charge in [0.15, 0.2) is 5.82 Å². The second-order valence-electron chi connectivity index (χ2n) is 6.95. The molecule has 2 aromatic heterocycles. The van der Waals surface area contributed by atoms with Gasteiger partial charge in [0.05, 0.1) is 19.6 Å². The first-order valence-electron chi connectivity index (χ1n) is 9.18. The van der Waals surface area contributed by atoms with Crippen LogP contribution < -0.4 is 0 Å². The summed E-state index contributed by atoms with van der Waals surface area (Å²) >= 11 is 0. The van der Waals surface area contributed by atoms with Crippen LogP contribution in [0.4, 0.5) is 0 Å². The molecule has 0 saturated carbocycles. The molecule has 3 aromatic rings. The first-order valence-corrected chi connectivity index (χ1v) is 9.18. The molecule has 0 radical (unpaired) electrons. The van der Waals surface area contributed by atoms with Crippen LogP contribution in [0.25, 0.3) is 17.2 Å². The fourth-order valence-corrected chi connectivity index (χ4v) is 3.45. The number of carbonyl (C=O) groups is 1. The zero-order chi connectivity index (χ0) is 19.0. The summed E-state index contributed by atoms with van der Waals surface area (Å²) in [4.78, 5) is 23.7. The summed E-state index contributed by atoms with van der Waals surface area (Å²) in [6, 6.07) is 8.09. The minimum atomic E-state index is 0.102. The lowest BCUT2D eigenvalue weighted by atomic mass is 10.1. The first kappa shape index (κ1) is 17.6. The topological polar surface area (TPSA) is 72.6 Å². The summed E-state index contributed by atoms with van der Waals surface area (Å²) in [7, 11) is 0. The molecule has 1 amide bonds. The average Bonchev–Trinajstić information content (AvgIpc) is 3.10. The van der Waals surface area contributed by atoms with Crippen LogP contribution in [0.15, 0.2) is 24.3 Å². The van der Waals surface area contributed by atoms with Gasteiger partial charge in [0, 0.05) is 35.6 Å². The van der Waals surface area contributed by atoms with Crippen LogP contribution in [0.5, 0.6) is 0 Å². The van der Waals surface area contributed by atoms with E-state index in [0.29, 0.717) is 44.3 Å². The minimum Gasteiger partial charge on any atom is -0.378 e. The van der Waals surface area contributed by atoms with E-state index in [1.165, 1.54) is 0 Å². The molecule has 7 nitrogen and oxygen atoms in total. The molecule has 0 spiro atoms. The third kappa shape index (κ3) is 3.42. The molecule has 7 heteroatoms. The molecular weight excluding hydrogens is 342 g/mol. The van der Waals surface area contributed by atoms with Crippen molar-refractivity contribution >= 4 is 11.7 Å². The van der Waals surface area contributed by atoms with Crippen LogP contribution in [-0.4, -0.2) is 56.7 Å². The van der Waals surface area contributed by atoms with E-state index in [1.54, 1.807) is 4.52 Å². The Morgan fingerprint density at radius 2 is 1.93 bits per heavy atom. The summed E-state index contributed by atoms with van der Waals surface area (Å²) in [5.74, 6) is 1.30. The van der Waals surface area contributed by atoms with Crippen LogP contribution in [0.1, 0.15) is 22.5 Å². The number of ether oxygens (including phenoxy) is 1. The number of aromatic nitrogens is 4. The molecule has 140 valence electrons. The van der Waals surface area contributed by atoms with E-state index in [2.05, 4.69) is 21.1 Å². The van der Waals surface area contributed by atoms with Gasteiger partial charge >= 0.3 is 0 Å². The van der Waals surface area contributed by atoms with Crippen molar-refractivity contribution in [2.75, 3.05) is 26.3 Å². The van der Waals surface area contributed by atoms with Crippen molar-refractivity contribution in [1.29, 1.82) is 0 Å². The van der Waals surface area contributed by atoms with Gasteiger partial charge < -0.3 is 9.64 Å². The van der Waals surface area contributed by atoms with E-state index in [1.807, 2.05) is 43.9 Å². The molecule has 27 heavy (non-hydrogen) atoms. The van der Waals surface area contributed by atoms with Gasteiger partial charge in [-0.1, -0.05) is 23.8 Å². The van der Waals surface area contributed by atoms with E-state index >= 15 is 0 Å². The molecule has 0 unspecified atom stereocenters.